The number of nitrogens with zero attached hydrogens (tertiary/aromatic N) is 3. The summed E-state index contributed by atoms with van der Waals surface area (Å²) >= 11 is 0. The first-order valence-corrected chi connectivity index (χ1v) is 8.26. The molecule has 1 N–H and O–H groups in total. The van der Waals surface area contributed by atoms with Crippen LogP contribution in [0.5, 0.6) is 0 Å². The van der Waals surface area contributed by atoms with Crippen LogP contribution in [0.4, 0.5) is 0 Å². The molecule has 2 amide bonds. The molecule has 0 aromatic carbocycles. The van der Waals surface area contributed by atoms with Gasteiger partial charge in [0.05, 0.1) is 26.2 Å². The minimum Gasteiger partial charge on any atom is -0.368 e. The number of carbonyl (C=O) groups excluding carboxylic acids is 2. The van der Waals surface area contributed by atoms with Crippen LogP contribution in [0.2, 0.25) is 0 Å². The highest BCUT2D eigenvalue weighted by Gasteiger charge is 2.50. The van der Waals surface area contributed by atoms with Gasteiger partial charge in [0, 0.05) is 25.5 Å². The molecule has 3 heterocycles. The molecule has 0 atom stereocenters. The molecule has 8 heteroatoms. The van der Waals surface area contributed by atoms with Gasteiger partial charge in [-0.1, -0.05) is 0 Å². The minimum absolute atomic E-state index is 0.0211. The van der Waals surface area contributed by atoms with E-state index in [4.69, 9.17) is 4.74 Å². The number of ether oxygens (including phenoxy) is 1. The minimum atomic E-state index is -0.472. The Morgan fingerprint density at radius 2 is 2.00 bits per heavy atom. The quantitative estimate of drug-likeness (QED) is 0.804. The number of carbonyl (C=O) groups is 2. The highest BCUT2D eigenvalue weighted by Crippen LogP contribution is 2.37. The van der Waals surface area contributed by atoms with E-state index >= 15 is 0 Å². The van der Waals surface area contributed by atoms with Crippen molar-refractivity contribution < 1.29 is 14.3 Å². The van der Waals surface area contributed by atoms with Gasteiger partial charge in [-0.3, -0.25) is 14.4 Å². The molecular formula is C16H20N4O4. The number of nitrogens with one attached hydrogen (secondary N) is 1. The lowest BCUT2D eigenvalue weighted by molar-refractivity contribution is -0.178. The molecule has 1 aliphatic carbocycles. The molecule has 0 bridgehead atoms. The zero-order valence-electron chi connectivity index (χ0n) is 13.6. The van der Waals surface area contributed by atoms with Crippen molar-refractivity contribution in [2.45, 2.75) is 31.3 Å². The van der Waals surface area contributed by atoms with Crippen LogP contribution in [-0.2, 0) is 9.53 Å². The maximum atomic E-state index is 12.6. The molecule has 2 saturated heterocycles. The highest BCUT2D eigenvalue weighted by molar-refractivity contribution is 5.93. The number of hydrogen-bond donors (Lipinski definition) is 1. The Hall–Kier alpha value is -2.22. The molecule has 8 nitrogen and oxygen atoms in total. The third kappa shape index (κ3) is 2.71. The van der Waals surface area contributed by atoms with Crippen LogP contribution >= 0.6 is 0 Å². The maximum absolute atomic E-state index is 12.6. The summed E-state index contributed by atoms with van der Waals surface area (Å²) in [4.78, 5) is 46.3. The van der Waals surface area contributed by atoms with Crippen LogP contribution in [-0.4, -0.2) is 70.0 Å². The first-order chi connectivity index (χ1) is 11.5. The lowest BCUT2D eigenvalue weighted by atomic mass is 9.91. The van der Waals surface area contributed by atoms with E-state index in [1.165, 1.54) is 6.07 Å². The Bertz CT molecular complexity index is 749. The monoisotopic (exact) mass is 332 g/mol. The second-order valence-electron chi connectivity index (χ2n) is 6.92. The molecule has 2 aliphatic heterocycles. The summed E-state index contributed by atoms with van der Waals surface area (Å²) < 4.78 is 5.82. The second-order valence-corrected chi connectivity index (χ2v) is 6.92. The van der Waals surface area contributed by atoms with Gasteiger partial charge in [0.1, 0.15) is 17.1 Å². The van der Waals surface area contributed by atoms with Gasteiger partial charge in [-0.05, 0) is 12.8 Å². The largest absolute Gasteiger partial charge is 0.368 e. The summed E-state index contributed by atoms with van der Waals surface area (Å²) in [5.74, 6) is 0.654. The van der Waals surface area contributed by atoms with Crippen LogP contribution in [0.3, 0.4) is 0 Å². The molecule has 128 valence electrons. The van der Waals surface area contributed by atoms with Crippen LogP contribution in [0.15, 0.2) is 10.9 Å². The van der Waals surface area contributed by atoms with Gasteiger partial charge in [-0.15, -0.1) is 0 Å². The molecule has 3 aliphatic rings. The number of aromatic amines is 1. The maximum Gasteiger partial charge on any atom is 0.272 e. The number of likely N-dealkylation sites (tertiary alicyclic amines) is 1. The van der Waals surface area contributed by atoms with Crippen molar-refractivity contribution in [3.05, 3.63) is 27.9 Å². The highest BCUT2D eigenvalue weighted by atomic mass is 16.5. The molecule has 1 aromatic heterocycles. The Morgan fingerprint density at radius 3 is 2.67 bits per heavy atom. The number of amides is 2. The van der Waals surface area contributed by atoms with Gasteiger partial charge in [-0.2, -0.15) is 0 Å². The van der Waals surface area contributed by atoms with Gasteiger partial charge in [-0.25, -0.2) is 4.98 Å². The van der Waals surface area contributed by atoms with Gasteiger partial charge >= 0.3 is 0 Å². The summed E-state index contributed by atoms with van der Waals surface area (Å²) in [6, 6.07) is 1.25. The summed E-state index contributed by atoms with van der Waals surface area (Å²) in [6.07, 6.45) is 2.00. The third-order valence-electron chi connectivity index (χ3n) is 4.88. The van der Waals surface area contributed by atoms with E-state index < -0.39 is 5.60 Å². The average Bonchev–Trinajstić information content (AvgIpc) is 3.36. The molecule has 1 saturated carbocycles. The molecule has 0 unspecified atom stereocenters. The predicted molar refractivity (Wildman–Crippen MR) is 83.7 cm³/mol. The number of hydrogen-bond acceptors (Lipinski definition) is 5. The zero-order chi connectivity index (χ0) is 16.9. The standard InChI is InChI=1S/C16H20N4O4/c1-10(21)19-4-5-24-16(7-19)8-20(9-16)15(23)12-6-13(22)18-14(17-12)11-2-3-11/h6,11H,2-5,7-9H2,1H3,(H,17,18,22). The molecular weight excluding hydrogens is 312 g/mol. The second kappa shape index (κ2) is 5.41. The van der Waals surface area contributed by atoms with E-state index in [1.54, 1.807) is 16.7 Å². The molecule has 1 aromatic rings. The summed E-state index contributed by atoms with van der Waals surface area (Å²) in [5, 5.41) is 0. The fourth-order valence-corrected chi connectivity index (χ4v) is 3.40. The predicted octanol–water partition coefficient (Wildman–Crippen LogP) is -0.279. The fraction of sp³-hybridized carbons (Fsp3) is 0.625. The van der Waals surface area contributed by atoms with Crippen LogP contribution < -0.4 is 5.56 Å². The fourth-order valence-electron chi connectivity index (χ4n) is 3.40. The lowest BCUT2D eigenvalue weighted by Gasteiger charge is -2.53. The van der Waals surface area contributed by atoms with E-state index in [1.807, 2.05) is 0 Å². The van der Waals surface area contributed by atoms with E-state index in [2.05, 4.69) is 9.97 Å². The van der Waals surface area contributed by atoms with E-state index in [0.29, 0.717) is 38.6 Å². The van der Waals surface area contributed by atoms with Crippen LogP contribution in [0, 0.1) is 0 Å². The Kier molecular flexibility index (Phi) is 3.45. The van der Waals surface area contributed by atoms with Crippen molar-refractivity contribution in [2.24, 2.45) is 0 Å². The number of morpholine rings is 1. The number of rotatable bonds is 2. The van der Waals surface area contributed by atoms with Gasteiger partial charge in [0.15, 0.2) is 0 Å². The molecule has 3 fully saturated rings. The SMILES string of the molecule is CC(=O)N1CCOC2(C1)CN(C(=O)c1cc(=O)[nH]c(C3CC3)n1)C2. The van der Waals surface area contributed by atoms with Crippen molar-refractivity contribution in [1.29, 1.82) is 0 Å². The number of H-pyrrole nitrogens is 1. The molecule has 0 radical (unpaired) electrons. The van der Waals surface area contributed by atoms with Gasteiger partial charge in [0.2, 0.25) is 5.91 Å². The molecule has 4 rings (SSSR count). The van der Waals surface area contributed by atoms with Crippen molar-refractivity contribution in [2.75, 3.05) is 32.8 Å². The summed E-state index contributed by atoms with van der Waals surface area (Å²) in [5.41, 5.74) is -0.572. The van der Waals surface area contributed by atoms with Gasteiger partial charge in [0.25, 0.3) is 11.5 Å². The van der Waals surface area contributed by atoms with Crippen molar-refractivity contribution in [3.63, 3.8) is 0 Å². The van der Waals surface area contributed by atoms with Crippen LogP contribution in [0.1, 0.15) is 42.0 Å². The van der Waals surface area contributed by atoms with E-state index in [-0.39, 0.29) is 29.0 Å². The van der Waals surface area contributed by atoms with E-state index in [0.717, 1.165) is 12.8 Å². The summed E-state index contributed by atoms with van der Waals surface area (Å²) in [6.45, 7) is 3.95. The number of aromatic nitrogens is 2. The topological polar surface area (TPSA) is 95.6 Å². The molecule has 1 spiro atoms. The normalized spacial score (nSPS) is 22.4. The first-order valence-electron chi connectivity index (χ1n) is 8.26. The third-order valence-corrected chi connectivity index (χ3v) is 4.88. The lowest BCUT2D eigenvalue weighted by Crippen LogP contribution is -2.71. The van der Waals surface area contributed by atoms with Crippen molar-refractivity contribution in [3.8, 4) is 0 Å². The average molecular weight is 332 g/mol. The molecule has 24 heavy (non-hydrogen) atoms. The Morgan fingerprint density at radius 1 is 1.29 bits per heavy atom. The zero-order valence-corrected chi connectivity index (χ0v) is 13.6. The van der Waals surface area contributed by atoms with Crippen molar-refractivity contribution in [1.82, 2.24) is 19.8 Å². The van der Waals surface area contributed by atoms with Gasteiger partial charge < -0.3 is 19.5 Å². The van der Waals surface area contributed by atoms with E-state index in [9.17, 15) is 14.4 Å². The Balaban J connectivity index is 1.46. The Labute approximate surface area is 138 Å². The first kappa shape index (κ1) is 15.3. The van der Waals surface area contributed by atoms with Crippen molar-refractivity contribution >= 4 is 11.8 Å². The summed E-state index contributed by atoms with van der Waals surface area (Å²) in [7, 11) is 0. The smallest absolute Gasteiger partial charge is 0.272 e. The van der Waals surface area contributed by atoms with Crippen LogP contribution in [0.25, 0.3) is 0 Å².